The number of nitro groups is 1. The maximum atomic E-state index is 10.9. The summed E-state index contributed by atoms with van der Waals surface area (Å²) in [6, 6.07) is 2.64. The molecule has 1 atom stereocenters. The summed E-state index contributed by atoms with van der Waals surface area (Å²) in [4.78, 5) is 21.0. The van der Waals surface area contributed by atoms with Crippen LogP contribution in [0.4, 0.5) is 10.5 Å². The molecule has 0 bridgehead atoms. The van der Waals surface area contributed by atoms with E-state index in [2.05, 4.69) is 0 Å². The Labute approximate surface area is 106 Å². The number of ether oxygens (including phenoxy) is 3. The Morgan fingerprint density at radius 1 is 1.50 bits per heavy atom. The number of hydrogen-bond acceptors (Lipinski definition) is 6. The van der Waals surface area contributed by atoms with Crippen LogP contribution in [0, 0.1) is 10.1 Å². The van der Waals surface area contributed by atoms with Crippen molar-refractivity contribution in [3.8, 4) is 11.5 Å². The summed E-state index contributed by atoms with van der Waals surface area (Å²) in [6.07, 6.45) is -0.857. The second-order valence-electron chi connectivity index (χ2n) is 3.52. The summed E-state index contributed by atoms with van der Waals surface area (Å²) in [7, 11) is 0. The van der Waals surface area contributed by atoms with E-state index >= 15 is 0 Å². The highest BCUT2D eigenvalue weighted by atomic mass is 35.5. The molecule has 0 aliphatic carbocycles. The molecule has 0 saturated carbocycles. The fourth-order valence-electron chi connectivity index (χ4n) is 1.63. The van der Waals surface area contributed by atoms with Crippen LogP contribution < -0.4 is 9.47 Å². The first-order valence-electron chi connectivity index (χ1n) is 4.93. The minimum absolute atomic E-state index is 0.000381. The minimum atomic E-state index is -1.03. The Balaban J connectivity index is 2.44. The van der Waals surface area contributed by atoms with Crippen molar-refractivity contribution < 1.29 is 23.9 Å². The third-order valence-corrected chi connectivity index (χ3v) is 2.52. The number of rotatable bonds is 3. The Morgan fingerprint density at radius 3 is 2.67 bits per heavy atom. The number of halogens is 1. The van der Waals surface area contributed by atoms with Gasteiger partial charge in [-0.05, 0) is 13.0 Å². The standard InChI is InChI=1S/C10H8ClNO6/c1-5(18-10(11)13)6-2-8-9(17-4-16-8)3-7(6)12(14)15/h2-3,5H,4H2,1H3/t5-/m0/s1. The monoisotopic (exact) mass is 273 g/mol. The quantitative estimate of drug-likeness (QED) is 0.478. The third-order valence-electron chi connectivity index (χ3n) is 2.43. The highest BCUT2D eigenvalue weighted by Gasteiger charge is 2.27. The molecule has 0 radical (unpaired) electrons. The summed E-state index contributed by atoms with van der Waals surface area (Å²) >= 11 is 5.08. The van der Waals surface area contributed by atoms with Crippen molar-refractivity contribution in [2.45, 2.75) is 13.0 Å². The molecule has 0 N–H and O–H groups in total. The van der Waals surface area contributed by atoms with Gasteiger partial charge in [0.05, 0.1) is 16.6 Å². The highest BCUT2D eigenvalue weighted by molar-refractivity contribution is 6.61. The van der Waals surface area contributed by atoms with Gasteiger partial charge in [0.2, 0.25) is 6.79 Å². The van der Waals surface area contributed by atoms with E-state index in [1.165, 1.54) is 19.1 Å². The molecule has 0 amide bonds. The van der Waals surface area contributed by atoms with E-state index in [4.69, 9.17) is 25.8 Å². The van der Waals surface area contributed by atoms with Gasteiger partial charge in [0.1, 0.15) is 6.10 Å². The van der Waals surface area contributed by atoms with Gasteiger partial charge in [-0.1, -0.05) is 0 Å². The van der Waals surface area contributed by atoms with Crippen molar-refractivity contribution in [1.82, 2.24) is 0 Å². The van der Waals surface area contributed by atoms with Gasteiger partial charge in [-0.3, -0.25) is 10.1 Å². The largest absolute Gasteiger partial charge is 0.454 e. The van der Waals surface area contributed by atoms with Crippen molar-refractivity contribution in [3.05, 3.63) is 27.8 Å². The summed E-state index contributed by atoms with van der Waals surface area (Å²) in [5.41, 5.74) is -1.06. The van der Waals surface area contributed by atoms with E-state index in [1.807, 2.05) is 0 Å². The zero-order valence-corrected chi connectivity index (χ0v) is 9.97. The first kappa shape index (κ1) is 12.4. The molecule has 0 saturated heterocycles. The molecule has 18 heavy (non-hydrogen) atoms. The lowest BCUT2D eigenvalue weighted by atomic mass is 10.1. The molecule has 7 nitrogen and oxygen atoms in total. The van der Waals surface area contributed by atoms with Gasteiger partial charge in [-0.15, -0.1) is 0 Å². The molecule has 96 valence electrons. The normalized spacial score (nSPS) is 14.1. The number of fused-ring (bicyclic) bond motifs is 1. The maximum absolute atomic E-state index is 10.9. The van der Waals surface area contributed by atoms with Gasteiger partial charge in [-0.2, -0.15) is 0 Å². The number of nitro benzene ring substituents is 1. The van der Waals surface area contributed by atoms with Crippen LogP contribution in [0.5, 0.6) is 11.5 Å². The molecule has 0 fully saturated rings. The lowest BCUT2D eigenvalue weighted by molar-refractivity contribution is -0.386. The molecule has 1 aliphatic rings. The van der Waals surface area contributed by atoms with Crippen LogP contribution in [0.25, 0.3) is 0 Å². The molecule has 0 unspecified atom stereocenters. The Morgan fingerprint density at radius 2 is 2.11 bits per heavy atom. The van der Waals surface area contributed by atoms with E-state index in [9.17, 15) is 14.9 Å². The zero-order valence-electron chi connectivity index (χ0n) is 9.21. The molecule has 2 rings (SSSR count). The molecule has 1 aromatic rings. The van der Waals surface area contributed by atoms with E-state index in [-0.39, 0.29) is 23.8 Å². The lowest BCUT2D eigenvalue weighted by Crippen LogP contribution is -2.05. The van der Waals surface area contributed by atoms with Crippen molar-refractivity contribution in [2.24, 2.45) is 0 Å². The van der Waals surface area contributed by atoms with Gasteiger partial charge >= 0.3 is 5.43 Å². The van der Waals surface area contributed by atoms with Crippen molar-refractivity contribution >= 4 is 22.7 Å². The van der Waals surface area contributed by atoms with Gasteiger partial charge in [0.15, 0.2) is 11.5 Å². The Kier molecular flexibility index (Phi) is 3.24. The zero-order chi connectivity index (χ0) is 13.3. The molecule has 1 aliphatic heterocycles. The second kappa shape index (κ2) is 4.69. The minimum Gasteiger partial charge on any atom is -0.454 e. The van der Waals surface area contributed by atoms with Crippen LogP contribution in [-0.2, 0) is 4.74 Å². The van der Waals surface area contributed by atoms with Crippen molar-refractivity contribution in [2.75, 3.05) is 6.79 Å². The number of benzene rings is 1. The van der Waals surface area contributed by atoms with Crippen LogP contribution in [0.1, 0.15) is 18.6 Å². The van der Waals surface area contributed by atoms with Crippen LogP contribution in [0.15, 0.2) is 12.1 Å². The van der Waals surface area contributed by atoms with E-state index in [0.717, 1.165) is 0 Å². The van der Waals surface area contributed by atoms with Crippen molar-refractivity contribution in [1.29, 1.82) is 0 Å². The number of nitrogens with zero attached hydrogens (tertiary/aromatic N) is 1. The smallest absolute Gasteiger partial charge is 0.404 e. The fraction of sp³-hybridized carbons (Fsp3) is 0.300. The molecular formula is C10H8ClNO6. The molecular weight excluding hydrogens is 266 g/mol. The van der Waals surface area contributed by atoms with Gasteiger partial charge in [-0.25, -0.2) is 4.79 Å². The molecule has 0 aromatic heterocycles. The average molecular weight is 274 g/mol. The summed E-state index contributed by atoms with van der Waals surface area (Å²) in [5.74, 6) is 0.655. The first-order chi connectivity index (χ1) is 8.49. The van der Waals surface area contributed by atoms with E-state index in [0.29, 0.717) is 5.75 Å². The summed E-state index contributed by atoms with van der Waals surface area (Å²) in [6.45, 7) is 1.48. The Bertz CT molecular complexity index is 517. The SMILES string of the molecule is C[C@H](OC(=O)Cl)c1cc2c(cc1[N+](=O)[O-])OCO2. The lowest BCUT2D eigenvalue weighted by Gasteiger charge is -2.12. The predicted octanol–water partition coefficient (Wildman–Crippen LogP) is 2.76. The van der Waals surface area contributed by atoms with Crippen LogP contribution in [0.3, 0.4) is 0 Å². The third kappa shape index (κ3) is 2.30. The number of hydrogen-bond donors (Lipinski definition) is 0. The molecule has 8 heteroatoms. The number of carbonyl (C=O) groups excluding carboxylic acids is 1. The van der Waals surface area contributed by atoms with Crippen molar-refractivity contribution in [3.63, 3.8) is 0 Å². The predicted molar refractivity (Wildman–Crippen MR) is 60.0 cm³/mol. The second-order valence-corrected chi connectivity index (χ2v) is 3.83. The van der Waals surface area contributed by atoms with Gasteiger partial charge in [0, 0.05) is 11.6 Å². The highest BCUT2D eigenvalue weighted by Crippen LogP contribution is 2.40. The average Bonchev–Trinajstić information content (AvgIpc) is 2.72. The van der Waals surface area contributed by atoms with Crippen LogP contribution in [-0.4, -0.2) is 17.1 Å². The molecule has 1 heterocycles. The fourth-order valence-corrected chi connectivity index (χ4v) is 1.77. The van der Waals surface area contributed by atoms with Crippen LogP contribution in [0.2, 0.25) is 0 Å². The number of carbonyl (C=O) groups is 1. The molecule has 1 aromatic carbocycles. The maximum Gasteiger partial charge on any atom is 0.404 e. The van der Waals surface area contributed by atoms with Gasteiger partial charge < -0.3 is 14.2 Å². The Hall–Kier alpha value is -2.02. The van der Waals surface area contributed by atoms with Crippen LogP contribution >= 0.6 is 11.6 Å². The van der Waals surface area contributed by atoms with E-state index < -0.39 is 16.5 Å². The topological polar surface area (TPSA) is 87.9 Å². The first-order valence-corrected chi connectivity index (χ1v) is 5.31. The summed E-state index contributed by atoms with van der Waals surface area (Å²) < 4.78 is 14.9. The van der Waals surface area contributed by atoms with E-state index in [1.54, 1.807) is 0 Å². The molecule has 0 spiro atoms. The summed E-state index contributed by atoms with van der Waals surface area (Å²) in [5, 5.41) is 10.9. The van der Waals surface area contributed by atoms with Gasteiger partial charge in [0.25, 0.3) is 5.69 Å².